The van der Waals surface area contributed by atoms with Crippen LogP contribution in [0.4, 0.5) is 0 Å². The Morgan fingerprint density at radius 1 is 0.914 bits per heavy atom. The SMILES string of the molecule is CCOC(=O)c1ccc(C#Cc2ccc3c(c2)C(c2ccc(C(C)(C)C)cc2)=CC(C)(C)O3)cc1. The summed E-state index contributed by atoms with van der Waals surface area (Å²) in [6.07, 6.45) is 2.19. The van der Waals surface area contributed by atoms with Crippen LogP contribution >= 0.6 is 0 Å². The Hall–Kier alpha value is -3.77. The number of fused-ring (bicyclic) bond motifs is 1. The molecule has 3 aromatic carbocycles. The van der Waals surface area contributed by atoms with E-state index in [-0.39, 0.29) is 11.4 Å². The van der Waals surface area contributed by atoms with E-state index in [1.165, 1.54) is 5.56 Å². The van der Waals surface area contributed by atoms with Crippen LogP contribution in [0.3, 0.4) is 0 Å². The van der Waals surface area contributed by atoms with Crippen LogP contribution in [0.25, 0.3) is 5.57 Å². The first kappa shape index (κ1) is 24.4. The van der Waals surface area contributed by atoms with Crippen molar-refractivity contribution in [3.63, 3.8) is 0 Å². The zero-order valence-electron chi connectivity index (χ0n) is 21.4. The molecule has 1 aliphatic rings. The molecule has 0 amide bonds. The van der Waals surface area contributed by atoms with E-state index in [2.05, 4.69) is 82.9 Å². The highest BCUT2D eigenvalue weighted by atomic mass is 16.5. The molecule has 1 heterocycles. The minimum atomic E-state index is -0.404. The lowest BCUT2D eigenvalue weighted by atomic mass is 9.84. The number of hydrogen-bond acceptors (Lipinski definition) is 3. The van der Waals surface area contributed by atoms with Crippen LogP contribution in [0.15, 0.2) is 72.8 Å². The van der Waals surface area contributed by atoms with Gasteiger partial charge >= 0.3 is 5.97 Å². The number of ether oxygens (including phenoxy) is 2. The third-order valence-corrected chi connectivity index (χ3v) is 5.94. The van der Waals surface area contributed by atoms with Gasteiger partial charge in [-0.1, -0.05) is 56.9 Å². The van der Waals surface area contributed by atoms with Crippen molar-refractivity contribution in [3.8, 4) is 17.6 Å². The van der Waals surface area contributed by atoms with Crippen molar-refractivity contribution in [2.75, 3.05) is 6.61 Å². The minimum Gasteiger partial charge on any atom is -0.483 e. The first-order valence-corrected chi connectivity index (χ1v) is 12.0. The van der Waals surface area contributed by atoms with Gasteiger partial charge in [-0.25, -0.2) is 4.79 Å². The van der Waals surface area contributed by atoms with Gasteiger partial charge in [0.15, 0.2) is 0 Å². The van der Waals surface area contributed by atoms with Crippen molar-refractivity contribution in [1.29, 1.82) is 0 Å². The summed E-state index contributed by atoms with van der Waals surface area (Å²) in [5.41, 5.74) is 6.63. The van der Waals surface area contributed by atoms with E-state index in [0.29, 0.717) is 12.2 Å². The molecule has 35 heavy (non-hydrogen) atoms. The van der Waals surface area contributed by atoms with Gasteiger partial charge in [0.1, 0.15) is 11.4 Å². The van der Waals surface area contributed by atoms with Crippen LogP contribution < -0.4 is 4.74 Å². The first-order chi connectivity index (χ1) is 16.6. The molecular formula is C32H32O3. The lowest BCUT2D eigenvalue weighted by Crippen LogP contribution is -2.29. The highest BCUT2D eigenvalue weighted by Crippen LogP contribution is 2.40. The lowest BCUT2D eigenvalue weighted by molar-refractivity contribution is 0.0526. The van der Waals surface area contributed by atoms with Crippen molar-refractivity contribution in [2.45, 2.75) is 52.6 Å². The molecule has 0 unspecified atom stereocenters. The van der Waals surface area contributed by atoms with E-state index in [9.17, 15) is 4.79 Å². The zero-order chi connectivity index (χ0) is 25.2. The molecule has 0 saturated heterocycles. The third kappa shape index (κ3) is 5.66. The number of rotatable bonds is 3. The Balaban J connectivity index is 1.65. The molecule has 0 aliphatic carbocycles. The van der Waals surface area contributed by atoms with Crippen LogP contribution in [0.2, 0.25) is 0 Å². The third-order valence-electron chi connectivity index (χ3n) is 5.94. The number of carbonyl (C=O) groups excluding carboxylic acids is 1. The van der Waals surface area contributed by atoms with E-state index in [1.54, 1.807) is 19.1 Å². The first-order valence-electron chi connectivity index (χ1n) is 12.0. The fraction of sp³-hybridized carbons (Fsp3) is 0.281. The van der Waals surface area contributed by atoms with Crippen LogP contribution in [-0.4, -0.2) is 18.2 Å². The zero-order valence-corrected chi connectivity index (χ0v) is 21.4. The summed E-state index contributed by atoms with van der Waals surface area (Å²) in [4.78, 5) is 11.9. The fourth-order valence-corrected chi connectivity index (χ4v) is 4.08. The average Bonchev–Trinajstić information content (AvgIpc) is 2.82. The molecule has 0 spiro atoms. The van der Waals surface area contributed by atoms with E-state index >= 15 is 0 Å². The molecule has 3 heteroatoms. The van der Waals surface area contributed by atoms with Crippen LogP contribution in [0.1, 0.15) is 79.7 Å². The maximum Gasteiger partial charge on any atom is 0.338 e. The summed E-state index contributed by atoms with van der Waals surface area (Å²) >= 11 is 0. The molecule has 0 aromatic heterocycles. The molecule has 0 atom stereocenters. The number of esters is 1. The van der Waals surface area contributed by atoms with Crippen molar-refractivity contribution in [2.24, 2.45) is 0 Å². The van der Waals surface area contributed by atoms with Gasteiger partial charge in [-0.2, -0.15) is 0 Å². The Bertz CT molecular complexity index is 1320. The second kappa shape index (κ2) is 9.47. The molecule has 178 valence electrons. The van der Waals surface area contributed by atoms with Crippen LogP contribution in [0.5, 0.6) is 5.75 Å². The second-order valence-corrected chi connectivity index (χ2v) is 10.3. The Kier molecular flexibility index (Phi) is 6.59. The van der Waals surface area contributed by atoms with E-state index < -0.39 is 5.60 Å². The lowest BCUT2D eigenvalue weighted by Gasteiger charge is -2.31. The van der Waals surface area contributed by atoms with Gasteiger partial charge in [-0.05, 0) is 91.4 Å². The molecule has 0 saturated carbocycles. The normalized spacial score (nSPS) is 14.1. The predicted molar refractivity (Wildman–Crippen MR) is 142 cm³/mol. The van der Waals surface area contributed by atoms with Crippen molar-refractivity contribution in [1.82, 2.24) is 0 Å². The van der Waals surface area contributed by atoms with Gasteiger partial charge in [0, 0.05) is 16.7 Å². The fourth-order valence-electron chi connectivity index (χ4n) is 4.08. The summed E-state index contributed by atoms with van der Waals surface area (Å²) in [6.45, 7) is 13.0. The summed E-state index contributed by atoms with van der Waals surface area (Å²) in [5, 5.41) is 0. The van der Waals surface area contributed by atoms with Crippen molar-refractivity contribution in [3.05, 3.63) is 106 Å². The van der Waals surface area contributed by atoms with Gasteiger partial charge in [0.25, 0.3) is 0 Å². The molecule has 3 nitrogen and oxygen atoms in total. The average molecular weight is 465 g/mol. The van der Waals surface area contributed by atoms with Gasteiger partial charge in [0.05, 0.1) is 12.2 Å². The molecule has 0 radical (unpaired) electrons. The Morgan fingerprint density at radius 3 is 2.17 bits per heavy atom. The van der Waals surface area contributed by atoms with Gasteiger partial charge in [0.2, 0.25) is 0 Å². The second-order valence-electron chi connectivity index (χ2n) is 10.3. The molecule has 0 N–H and O–H groups in total. The van der Waals surface area contributed by atoms with E-state index in [1.807, 2.05) is 24.3 Å². The smallest absolute Gasteiger partial charge is 0.338 e. The summed E-state index contributed by atoms with van der Waals surface area (Å²) in [5.74, 6) is 6.99. The Labute approximate surface area is 208 Å². The van der Waals surface area contributed by atoms with Crippen molar-refractivity contribution >= 4 is 11.5 Å². The van der Waals surface area contributed by atoms with Gasteiger partial charge in [-0.15, -0.1) is 0 Å². The number of benzene rings is 3. The maximum atomic E-state index is 11.9. The Morgan fingerprint density at radius 2 is 1.54 bits per heavy atom. The van der Waals surface area contributed by atoms with Crippen molar-refractivity contribution < 1.29 is 14.3 Å². The maximum absolute atomic E-state index is 11.9. The standard InChI is InChI=1S/C32H32O3/c1-7-34-30(33)25-13-10-22(11-14-25)8-9-23-12-19-29-27(20-23)28(21-32(5,6)35-29)24-15-17-26(18-16-24)31(2,3)4/h10-21H,7H2,1-6H3. The van der Waals surface area contributed by atoms with Crippen LogP contribution in [-0.2, 0) is 10.2 Å². The largest absolute Gasteiger partial charge is 0.483 e. The van der Waals surface area contributed by atoms with Crippen LogP contribution in [0, 0.1) is 11.8 Å². The van der Waals surface area contributed by atoms with Gasteiger partial charge < -0.3 is 9.47 Å². The van der Waals surface area contributed by atoms with E-state index in [4.69, 9.17) is 9.47 Å². The molecule has 0 bridgehead atoms. The number of carbonyl (C=O) groups is 1. The molecule has 1 aliphatic heterocycles. The minimum absolute atomic E-state index is 0.108. The van der Waals surface area contributed by atoms with E-state index in [0.717, 1.165) is 33.6 Å². The topological polar surface area (TPSA) is 35.5 Å². The van der Waals surface area contributed by atoms with Gasteiger partial charge in [-0.3, -0.25) is 0 Å². The summed E-state index contributed by atoms with van der Waals surface area (Å²) in [7, 11) is 0. The highest BCUT2D eigenvalue weighted by Gasteiger charge is 2.27. The molecule has 3 aromatic rings. The monoisotopic (exact) mass is 464 g/mol. The quantitative estimate of drug-likeness (QED) is 0.305. The predicted octanol–water partition coefficient (Wildman–Crippen LogP) is 7.16. The molecular weight excluding hydrogens is 432 g/mol. The summed E-state index contributed by atoms with van der Waals surface area (Å²) < 4.78 is 11.3. The molecule has 0 fully saturated rings. The highest BCUT2D eigenvalue weighted by molar-refractivity contribution is 5.89. The number of hydrogen-bond donors (Lipinski definition) is 0. The molecule has 4 rings (SSSR count). The summed E-state index contributed by atoms with van der Waals surface area (Å²) in [6, 6.07) is 22.1.